The van der Waals surface area contributed by atoms with Gasteiger partial charge in [0.2, 0.25) is 0 Å². The molecule has 0 saturated carbocycles. The monoisotopic (exact) mass is 358 g/mol. The van der Waals surface area contributed by atoms with Crippen LogP contribution in [0.25, 0.3) is 6.08 Å². The van der Waals surface area contributed by atoms with E-state index in [1.165, 1.54) is 47.3 Å². The number of hydrogen-bond acceptors (Lipinski definition) is 3. The van der Waals surface area contributed by atoms with Crippen molar-refractivity contribution in [3.63, 3.8) is 0 Å². The Morgan fingerprint density at radius 2 is 2.12 bits per heavy atom. The molecule has 2 rings (SSSR count). The van der Waals surface area contributed by atoms with E-state index < -0.39 is 0 Å². The highest BCUT2D eigenvalue weighted by Crippen LogP contribution is 2.40. The van der Waals surface area contributed by atoms with E-state index in [-0.39, 0.29) is 11.4 Å². The van der Waals surface area contributed by atoms with Crippen molar-refractivity contribution in [3.05, 3.63) is 50.8 Å². The highest BCUT2D eigenvalue weighted by atomic mass is 32.1. The Hall–Kier alpha value is -1.61. The van der Waals surface area contributed by atoms with Crippen molar-refractivity contribution in [1.82, 2.24) is 0 Å². The number of thiophene rings is 1. The number of rotatable bonds is 6. The van der Waals surface area contributed by atoms with Gasteiger partial charge in [-0.25, -0.2) is 4.79 Å². The maximum Gasteiger partial charge on any atom is 0.348 e. The Balaban J connectivity index is 2.09. The second kappa shape index (κ2) is 8.66. The molecule has 0 spiro atoms. The molecular weight excluding hydrogens is 328 g/mol. The predicted octanol–water partition coefficient (Wildman–Crippen LogP) is 6.80. The van der Waals surface area contributed by atoms with Crippen LogP contribution >= 0.6 is 11.3 Å². The molecule has 0 aromatic carbocycles. The molecule has 0 N–H and O–H groups in total. The maximum atomic E-state index is 11.9. The van der Waals surface area contributed by atoms with Gasteiger partial charge in [-0.1, -0.05) is 38.5 Å². The van der Waals surface area contributed by atoms with Gasteiger partial charge in [0.05, 0.1) is 6.61 Å². The van der Waals surface area contributed by atoms with Gasteiger partial charge in [0.15, 0.2) is 0 Å². The first-order valence-electron chi connectivity index (χ1n) is 9.17. The molecule has 2 nitrogen and oxygen atoms in total. The van der Waals surface area contributed by atoms with Crippen molar-refractivity contribution in [2.45, 2.75) is 60.3 Å². The van der Waals surface area contributed by atoms with E-state index in [1.54, 1.807) is 0 Å². The molecular formula is C22H30O2S. The van der Waals surface area contributed by atoms with Crippen LogP contribution in [0.3, 0.4) is 0 Å². The Bertz CT molecular complexity index is 701. The van der Waals surface area contributed by atoms with Crippen LogP contribution in [0.15, 0.2) is 41.0 Å². The number of carbonyl (C=O) groups is 1. The molecule has 0 amide bonds. The molecule has 1 aliphatic rings. The van der Waals surface area contributed by atoms with Gasteiger partial charge in [0.25, 0.3) is 0 Å². The largest absolute Gasteiger partial charge is 0.462 e. The van der Waals surface area contributed by atoms with Gasteiger partial charge in [-0.2, -0.15) is 0 Å². The third-order valence-corrected chi connectivity index (χ3v) is 5.70. The Morgan fingerprint density at radius 1 is 1.36 bits per heavy atom. The fourth-order valence-electron chi connectivity index (χ4n) is 3.30. The van der Waals surface area contributed by atoms with Crippen molar-refractivity contribution < 1.29 is 9.53 Å². The van der Waals surface area contributed by atoms with Gasteiger partial charge in [-0.05, 0) is 74.3 Å². The van der Waals surface area contributed by atoms with Gasteiger partial charge in [0.1, 0.15) is 4.88 Å². The lowest BCUT2D eigenvalue weighted by atomic mass is 9.72. The van der Waals surface area contributed by atoms with Crippen LogP contribution < -0.4 is 0 Å². The number of hydrogen-bond donors (Lipinski definition) is 0. The minimum absolute atomic E-state index is 0.218. The number of ether oxygens (including phenoxy) is 1. The summed E-state index contributed by atoms with van der Waals surface area (Å²) in [6.45, 7) is 11.5. The van der Waals surface area contributed by atoms with Gasteiger partial charge >= 0.3 is 5.97 Å². The highest BCUT2D eigenvalue weighted by molar-refractivity contribution is 7.14. The second-order valence-corrected chi connectivity index (χ2v) is 8.61. The van der Waals surface area contributed by atoms with Crippen LogP contribution in [0.5, 0.6) is 0 Å². The van der Waals surface area contributed by atoms with E-state index in [9.17, 15) is 4.79 Å². The molecule has 0 radical (unpaired) electrons. The Morgan fingerprint density at radius 3 is 2.80 bits per heavy atom. The molecule has 1 heterocycles. The fraction of sp³-hybridized carbons (Fsp3) is 0.500. The molecule has 0 saturated heterocycles. The van der Waals surface area contributed by atoms with Crippen LogP contribution in [-0.4, -0.2) is 12.6 Å². The standard InChI is InChI=1S/C22H30O2S/c1-6-14-24-21(23)20-12-10-18(25-20)15-16(2)9-11-19-17(3)8-7-13-22(19,4)5/h9-12,15H,6-8,13-14H2,1-5H3/b11-9?,16-15+. The first-order chi connectivity index (χ1) is 11.8. The summed E-state index contributed by atoms with van der Waals surface area (Å²) in [4.78, 5) is 13.6. The van der Waals surface area contributed by atoms with Crippen LogP contribution in [0.2, 0.25) is 0 Å². The van der Waals surface area contributed by atoms with Crippen molar-refractivity contribution in [1.29, 1.82) is 0 Å². The van der Waals surface area contributed by atoms with E-state index in [0.29, 0.717) is 11.5 Å². The lowest BCUT2D eigenvalue weighted by Gasteiger charge is -2.32. The van der Waals surface area contributed by atoms with Crippen molar-refractivity contribution >= 4 is 23.4 Å². The number of allylic oxidation sites excluding steroid dienone is 5. The fourth-order valence-corrected chi connectivity index (χ4v) is 4.22. The maximum absolute atomic E-state index is 11.9. The van der Waals surface area contributed by atoms with Gasteiger partial charge in [-0.15, -0.1) is 11.3 Å². The highest BCUT2D eigenvalue weighted by Gasteiger charge is 2.26. The van der Waals surface area contributed by atoms with E-state index in [1.807, 2.05) is 19.1 Å². The zero-order valence-electron chi connectivity index (χ0n) is 16.1. The van der Waals surface area contributed by atoms with E-state index in [2.05, 4.69) is 45.9 Å². The summed E-state index contributed by atoms with van der Waals surface area (Å²) in [5.74, 6) is -0.218. The van der Waals surface area contributed by atoms with Gasteiger partial charge < -0.3 is 4.74 Å². The molecule has 0 aliphatic heterocycles. The number of carbonyl (C=O) groups excluding carboxylic acids is 1. The molecule has 0 unspecified atom stereocenters. The summed E-state index contributed by atoms with van der Waals surface area (Å²) in [5, 5.41) is 0. The quantitative estimate of drug-likeness (QED) is 0.413. The third kappa shape index (κ3) is 5.43. The van der Waals surface area contributed by atoms with E-state index in [4.69, 9.17) is 4.74 Å². The van der Waals surface area contributed by atoms with Crippen LogP contribution in [0, 0.1) is 5.41 Å². The normalized spacial score (nSPS) is 18.0. The van der Waals surface area contributed by atoms with Crippen molar-refractivity contribution in [2.24, 2.45) is 5.41 Å². The van der Waals surface area contributed by atoms with E-state index in [0.717, 1.165) is 11.3 Å². The molecule has 1 aliphatic carbocycles. The summed E-state index contributed by atoms with van der Waals surface area (Å²) in [6.07, 6.45) is 11.2. The summed E-state index contributed by atoms with van der Waals surface area (Å²) in [7, 11) is 0. The molecule has 3 heteroatoms. The van der Waals surface area contributed by atoms with Crippen LogP contribution in [0.4, 0.5) is 0 Å². The molecule has 0 fully saturated rings. The Labute approximate surface area is 156 Å². The zero-order valence-corrected chi connectivity index (χ0v) is 17.0. The average molecular weight is 359 g/mol. The summed E-state index contributed by atoms with van der Waals surface area (Å²) >= 11 is 1.48. The van der Waals surface area contributed by atoms with Crippen molar-refractivity contribution in [3.8, 4) is 0 Å². The first-order valence-corrected chi connectivity index (χ1v) is 9.98. The SMILES string of the molecule is CCCOC(=O)c1ccc(/C=C(\C)C=CC2=C(C)CCCC2(C)C)s1. The molecule has 0 bridgehead atoms. The van der Waals surface area contributed by atoms with Crippen molar-refractivity contribution in [2.75, 3.05) is 6.61 Å². The van der Waals surface area contributed by atoms with Crippen LogP contribution in [-0.2, 0) is 4.74 Å². The smallest absolute Gasteiger partial charge is 0.348 e. The summed E-state index contributed by atoms with van der Waals surface area (Å²) < 4.78 is 5.19. The third-order valence-electron chi connectivity index (χ3n) is 4.69. The predicted molar refractivity (Wildman–Crippen MR) is 108 cm³/mol. The summed E-state index contributed by atoms with van der Waals surface area (Å²) in [5.41, 5.74) is 4.44. The minimum atomic E-state index is -0.218. The zero-order chi connectivity index (χ0) is 18.4. The molecule has 25 heavy (non-hydrogen) atoms. The molecule has 136 valence electrons. The van der Waals surface area contributed by atoms with Crippen LogP contribution in [0.1, 0.15) is 74.9 Å². The van der Waals surface area contributed by atoms with Gasteiger partial charge in [-0.3, -0.25) is 0 Å². The molecule has 0 atom stereocenters. The lowest BCUT2D eigenvalue weighted by Crippen LogP contribution is -2.19. The topological polar surface area (TPSA) is 26.3 Å². The average Bonchev–Trinajstić information content (AvgIpc) is 3.00. The summed E-state index contributed by atoms with van der Waals surface area (Å²) in [6, 6.07) is 3.84. The first kappa shape index (κ1) is 19.7. The van der Waals surface area contributed by atoms with Gasteiger partial charge in [0, 0.05) is 4.88 Å². The van der Waals surface area contributed by atoms with E-state index >= 15 is 0 Å². The molecule has 1 aromatic rings. The lowest BCUT2D eigenvalue weighted by molar-refractivity contribution is 0.0511. The second-order valence-electron chi connectivity index (χ2n) is 7.49. The minimum Gasteiger partial charge on any atom is -0.462 e. The Kier molecular flexibility index (Phi) is 6.83. The number of esters is 1. The molecule has 1 aromatic heterocycles.